The minimum Gasteiger partial charge on any atom is -0.337 e. The van der Waals surface area contributed by atoms with Gasteiger partial charge in [-0.3, -0.25) is 4.79 Å². The molecule has 0 saturated carbocycles. The normalized spacial score (nSPS) is 15.8. The van der Waals surface area contributed by atoms with Gasteiger partial charge in [-0.2, -0.15) is 0 Å². The minimum absolute atomic E-state index is 0.0578. The highest BCUT2D eigenvalue weighted by molar-refractivity contribution is 7.09. The van der Waals surface area contributed by atoms with E-state index in [1.165, 1.54) is 23.3 Å². The Morgan fingerprint density at radius 2 is 2.00 bits per heavy atom. The standard InChI is InChI=1S/C18H23N3OS/c19-12-17-20-16(13-23-17)18(22)21-10-8-15(9-11-21)7-6-14-4-2-1-3-5-14/h1-5,13,15H,6-12,19H2. The van der Waals surface area contributed by atoms with E-state index in [2.05, 4.69) is 35.3 Å². The summed E-state index contributed by atoms with van der Waals surface area (Å²) < 4.78 is 0. The number of carbonyl (C=O) groups excluding carboxylic acids is 1. The molecule has 0 radical (unpaired) electrons. The van der Waals surface area contributed by atoms with Gasteiger partial charge in [0.2, 0.25) is 0 Å². The van der Waals surface area contributed by atoms with Gasteiger partial charge in [-0.05, 0) is 37.2 Å². The van der Waals surface area contributed by atoms with Crippen LogP contribution in [0.5, 0.6) is 0 Å². The average molecular weight is 329 g/mol. The first-order valence-corrected chi connectivity index (χ1v) is 9.12. The van der Waals surface area contributed by atoms with Crippen molar-refractivity contribution in [2.45, 2.75) is 32.2 Å². The van der Waals surface area contributed by atoms with E-state index >= 15 is 0 Å². The van der Waals surface area contributed by atoms with Crippen molar-refractivity contribution >= 4 is 17.2 Å². The molecular formula is C18H23N3OS. The third-order valence-electron chi connectivity index (χ3n) is 4.53. The summed E-state index contributed by atoms with van der Waals surface area (Å²) in [5.41, 5.74) is 7.52. The second-order valence-corrected chi connectivity index (χ2v) is 7.03. The molecule has 4 nitrogen and oxygen atoms in total. The summed E-state index contributed by atoms with van der Waals surface area (Å²) in [4.78, 5) is 18.7. The highest BCUT2D eigenvalue weighted by Crippen LogP contribution is 2.24. The molecule has 0 spiro atoms. The lowest BCUT2D eigenvalue weighted by Gasteiger charge is -2.31. The van der Waals surface area contributed by atoms with Crippen LogP contribution in [0.25, 0.3) is 0 Å². The number of aromatic nitrogens is 1. The van der Waals surface area contributed by atoms with Crippen molar-refractivity contribution in [3.8, 4) is 0 Å². The lowest BCUT2D eigenvalue weighted by molar-refractivity contribution is 0.0681. The van der Waals surface area contributed by atoms with Gasteiger partial charge in [0, 0.05) is 25.0 Å². The smallest absolute Gasteiger partial charge is 0.273 e. The van der Waals surface area contributed by atoms with E-state index in [4.69, 9.17) is 5.73 Å². The zero-order valence-corrected chi connectivity index (χ0v) is 14.1. The van der Waals surface area contributed by atoms with Crippen molar-refractivity contribution in [1.82, 2.24) is 9.88 Å². The summed E-state index contributed by atoms with van der Waals surface area (Å²) in [6.07, 6.45) is 4.52. The molecule has 1 aromatic heterocycles. The zero-order valence-electron chi connectivity index (χ0n) is 13.3. The summed E-state index contributed by atoms with van der Waals surface area (Å²) in [5.74, 6) is 0.775. The largest absolute Gasteiger partial charge is 0.337 e. The lowest BCUT2D eigenvalue weighted by Crippen LogP contribution is -2.38. The number of carbonyl (C=O) groups is 1. The van der Waals surface area contributed by atoms with Crippen LogP contribution in [0.15, 0.2) is 35.7 Å². The van der Waals surface area contributed by atoms with Crippen molar-refractivity contribution < 1.29 is 4.79 Å². The molecule has 1 fully saturated rings. The Morgan fingerprint density at radius 1 is 1.26 bits per heavy atom. The van der Waals surface area contributed by atoms with Gasteiger partial charge < -0.3 is 10.6 Å². The maximum atomic E-state index is 12.4. The maximum absolute atomic E-state index is 12.4. The second kappa shape index (κ2) is 7.70. The van der Waals surface area contributed by atoms with Gasteiger partial charge in [0.1, 0.15) is 10.7 Å². The molecule has 0 bridgehead atoms. The highest BCUT2D eigenvalue weighted by Gasteiger charge is 2.24. The molecule has 0 atom stereocenters. The van der Waals surface area contributed by atoms with Crippen LogP contribution in [-0.2, 0) is 13.0 Å². The molecule has 0 aliphatic carbocycles. The van der Waals surface area contributed by atoms with Crippen LogP contribution in [0, 0.1) is 5.92 Å². The lowest BCUT2D eigenvalue weighted by atomic mass is 9.90. The van der Waals surface area contributed by atoms with Crippen molar-refractivity contribution in [1.29, 1.82) is 0 Å². The first kappa shape index (κ1) is 16.1. The number of nitrogens with zero attached hydrogens (tertiary/aromatic N) is 2. The van der Waals surface area contributed by atoms with Gasteiger partial charge in [0.25, 0.3) is 5.91 Å². The van der Waals surface area contributed by atoms with Crippen LogP contribution in [0.1, 0.15) is 40.3 Å². The summed E-state index contributed by atoms with van der Waals surface area (Å²) in [6.45, 7) is 2.08. The molecule has 1 aliphatic rings. The monoisotopic (exact) mass is 329 g/mol. The Bertz CT molecular complexity index is 633. The fraction of sp³-hybridized carbons (Fsp3) is 0.444. The molecule has 1 amide bonds. The number of aryl methyl sites for hydroxylation is 1. The molecule has 1 aromatic carbocycles. The molecule has 23 heavy (non-hydrogen) atoms. The Balaban J connectivity index is 1.47. The Labute approximate surface area is 141 Å². The van der Waals surface area contributed by atoms with E-state index in [-0.39, 0.29) is 5.91 Å². The first-order valence-electron chi connectivity index (χ1n) is 8.24. The molecule has 122 valence electrons. The SMILES string of the molecule is NCc1nc(C(=O)N2CCC(CCc3ccccc3)CC2)cs1. The fourth-order valence-electron chi connectivity index (χ4n) is 3.11. The maximum Gasteiger partial charge on any atom is 0.273 e. The molecule has 1 saturated heterocycles. The number of hydrogen-bond donors (Lipinski definition) is 1. The van der Waals surface area contributed by atoms with Crippen molar-refractivity contribution in [2.75, 3.05) is 13.1 Å². The molecular weight excluding hydrogens is 306 g/mol. The van der Waals surface area contributed by atoms with Gasteiger partial charge >= 0.3 is 0 Å². The average Bonchev–Trinajstić information content (AvgIpc) is 3.10. The van der Waals surface area contributed by atoms with Gasteiger partial charge in [-0.15, -0.1) is 11.3 Å². The predicted molar refractivity (Wildman–Crippen MR) is 93.4 cm³/mol. The Kier molecular flexibility index (Phi) is 5.41. The van der Waals surface area contributed by atoms with E-state index in [1.54, 1.807) is 0 Å². The predicted octanol–water partition coefficient (Wildman–Crippen LogP) is 3.09. The number of benzene rings is 1. The zero-order chi connectivity index (χ0) is 16.1. The van der Waals surface area contributed by atoms with E-state index in [1.807, 2.05) is 10.3 Å². The van der Waals surface area contributed by atoms with Gasteiger partial charge in [-0.1, -0.05) is 30.3 Å². The van der Waals surface area contributed by atoms with Crippen LogP contribution in [0.4, 0.5) is 0 Å². The third kappa shape index (κ3) is 4.18. The molecule has 1 aliphatic heterocycles. The molecule has 0 unspecified atom stereocenters. The van der Waals surface area contributed by atoms with Gasteiger partial charge in [0.05, 0.1) is 0 Å². The van der Waals surface area contributed by atoms with E-state index in [9.17, 15) is 4.79 Å². The summed E-state index contributed by atoms with van der Waals surface area (Å²) in [5, 5.41) is 2.65. The summed E-state index contributed by atoms with van der Waals surface area (Å²) in [7, 11) is 0. The minimum atomic E-state index is 0.0578. The number of likely N-dealkylation sites (tertiary alicyclic amines) is 1. The number of piperidine rings is 1. The Morgan fingerprint density at radius 3 is 2.65 bits per heavy atom. The number of nitrogens with two attached hydrogens (primary N) is 1. The van der Waals surface area contributed by atoms with E-state index in [0.717, 1.165) is 37.4 Å². The first-order chi connectivity index (χ1) is 11.3. The quantitative estimate of drug-likeness (QED) is 0.917. The van der Waals surface area contributed by atoms with Crippen molar-refractivity contribution in [2.24, 2.45) is 11.7 Å². The number of hydrogen-bond acceptors (Lipinski definition) is 4. The number of amides is 1. The molecule has 2 aromatic rings. The topological polar surface area (TPSA) is 59.2 Å². The Hall–Kier alpha value is -1.72. The molecule has 3 rings (SSSR count). The van der Waals surface area contributed by atoms with Gasteiger partial charge in [0.15, 0.2) is 0 Å². The van der Waals surface area contributed by atoms with Crippen LogP contribution < -0.4 is 5.73 Å². The number of rotatable bonds is 5. The molecule has 2 heterocycles. The fourth-order valence-corrected chi connectivity index (χ4v) is 3.75. The molecule has 5 heteroatoms. The van der Waals surface area contributed by atoms with Crippen LogP contribution in [0.3, 0.4) is 0 Å². The van der Waals surface area contributed by atoms with Crippen LogP contribution >= 0.6 is 11.3 Å². The number of thiazole rings is 1. The van der Waals surface area contributed by atoms with Crippen molar-refractivity contribution in [3.05, 3.63) is 52.0 Å². The summed E-state index contributed by atoms with van der Waals surface area (Å²) in [6, 6.07) is 10.6. The van der Waals surface area contributed by atoms with Crippen LogP contribution in [-0.4, -0.2) is 28.9 Å². The second-order valence-electron chi connectivity index (χ2n) is 6.09. The van der Waals surface area contributed by atoms with Crippen LogP contribution in [0.2, 0.25) is 0 Å². The van der Waals surface area contributed by atoms with E-state index < -0.39 is 0 Å². The summed E-state index contributed by atoms with van der Waals surface area (Å²) >= 11 is 1.46. The van der Waals surface area contributed by atoms with Gasteiger partial charge in [-0.25, -0.2) is 4.98 Å². The van der Waals surface area contributed by atoms with E-state index in [0.29, 0.717) is 18.2 Å². The molecule has 2 N–H and O–H groups in total. The van der Waals surface area contributed by atoms with Crippen molar-refractivity contribution in [3.63, 3.8) is 0 Å². The third-order valence-corrected chi connectivity index (χ3v) is 5.40. The highest BCUT2D eigenvalue weighted by atomic mass is 32.1.